The van der Waals surface area contributed by atoms with E-state index in [-0.39, 0.29) is 6.54 Å². The van der Waals surface area contributed by atoms with E-state index < -0.39 is 5.91 Å². The highest BCUT2D eigenvalue weighted by Gasteiger charge is 2.05. The second-order valence-electron chi connectivity index (χ2n) is 2.56. The third-order valence-electron chi connectivity index (χ3n) is 1.48. The molecule has 0 bridgehead atoms. The maximum Gasteiger partial charge on any atom is 0.230 e. The van der Waals surface area contributed by atoms with Crippen LogP contribution in [0.1, 0.15) is 0 Å². The van der Waals surface area contributed by atoms with Gasteiger partial charge in [0.2, 0.25) is 5.91 Å². The second kappa shape index (κ2) is 5.46. The Hall–Kier alpha value is -1.42. The number of hydrogen-bond acceptors (Lipinski definition) is 2. The first-order valence-corrected chi connectivity index (χ1v) is 4.65. The highest BCUT2D eigenvalue weighted by Crippen LogP contribution is 2.25. The van der Waals surface area contributed by atoms with Crippen LogP contribution in [-0.4, -0.2) is 12.5 Å². The Morgan fingerprint density at radius 1 is 1.53 bits per heavy atom. The molecular formula is C8H6Cl2N4O. The summed E-state index contributed by atoms with van der Waals surface area (Å²) in [5.74, 6) is -0.447. The molecule has 0 aromatic heterocycles. The Morgan fingerprint density at radius 2 is 2.27 bits per heavy atom. The van der Waals surface area contributed by atoms with E-state index in [2.05, 4.69) is 15.3 Å². The molecule has 0 aliphatic heterocycles. The average molecular weight is 245 g/mol. The first-order chi connectivity index (χ1) is 7.13. The number of carbonyl (C=O) groups excluding carboxylic acids is 1. The molecule has 0 heterocycles. The fourth-order valence-electron chi connectivity index (χ4n) is 0.879. The molecule has 1 aromatic carbocycles. The highest BCUT2D eigenvalue weighted by molar-refractivity contribution is 6.35. The molecule has 1 rings (SSSR count). The number of carbonyl (C=O) groups is 1. The predicted molar refractivity (Wildman–Crippen MR) is 59.1 cm³/mol. The Morgan fingerprint density at radius 3 is 2.93 bits per heavy atom. The molecule has 7 heteroatoms. The van der Waals surface area contributed by atoms with Crippen LogP contribution in [0.5, 0.6) is 0 Å². The molecule has 1 aromatic rings. The minimum absolute atomic E-state index is 0.278. The molecule has 1 N–H and O–H groups in total. The predicted octanol–water partition coefficient (Wildman–Crippen LogP) is 3.24. The third kappa shape index (κ3) is 3.67. The number of amides is 1. The summed E-state index contributed by atoms with van der Waals surface area (Å²) in [5.41, 5.74) is 8.40. The lowest BCUT2D eigenvalue weighted by Crippen LogP contribution is -2.14. The van der Waals surface area contributed by atoms with Crippen LogP contribution >= 0.6 is 23.2 Å². The van der Waals surface area contributed by atoms with Crippen molar-refractivity contribution in [2.75, 3.05) is 11.9 Å². The molecule has 0 unspecified atom stereocenters. The molecule has 0 saturated heterocycles. The molecule has 0 aliphatic rings. The maximum absolute atomic E-state index is 11.2. The third-order valence-corrected chi connectivity index (χ3v) is 2.04. The van der Waals surface area contributed by atoms with Gasteiger partial charge in [-0.3, -0.25) is 4.79 Å². The zero-order valence-corrected chi connectivity index (χ0v) is 8.96. The lowest BCUT2D eigenvalue weighted by molar-refractivity contribution is -0.114. The molecule has 15 heavy (non-hydrogen) atoms. The summed E-state index contributed by atoms with van der Waals surface area (Å²) >= 11 is 11.5. The van der Waals surface area contributed by atoms with Crippen LogP contribution in [0.25, 0.3) is 10.4 Å². The van der Waals surface area contributed by atoms with Gasteiger partial charge < -0.3 is 5.32 Å². The van der Waals surface area contributed by atoms with Gasteiger partial charge in [-0.25, -0.2) is 0 Å². The van der Waals surface area contributed by atoms with Crippen molar-refractivity contribution in [3.05, 3.63) is 38.7 Å². The van der Waals surface area contributed by atoms with Crippen molar-refractivity contribution in [1.29, 1.82) is 0 Å². The summed E-state index contributed by atoms with van der Waals surface area (Å²) in [6, 6.07) is 4.68. The Labute approximate surface area is 95.6 Å². The Balaban J connectivity index is 2.75. The molecule has 0 atom stereocenters. The maximum atomic E-state index is 11.2. The first kappa shape index (κ1) is 11.7. The smallest absolute Gasteiger partial charge is 0.230 e. The van der Waals surface area contributed by atoms with E-state index in [1.54, 1.807) is 12.1 Å². The standard InChI is InChI=1S/C8H6Cl2N4O/c9-5-1-2-6(10)7(3-5)13-8(15)4-12-14-11/h1-3H,4H2,(H,13,15). The van der Waals surface area contributed by atoms with E-state index in [4.69, 9.17) is 28.7 Å². The van der Waals surface area contributed by atoms with Gasteiger partial charge in [-0.2, -0.15) is 0 Å². The number of azide groups is 1. The van der Waals surface area contributed by atoms with Crippen LogP contribution in [0.4, 0.5) is 5.69 Å². The first-order valence-electron chi connectivity index (χ1n) is 3.89. The highest BCUT2D eigenvalue weighted by atomic mass is 35.5. The number of anilines is 1. The molecule has 0 fully saturated rings. The van der Waals surface area contributed by atoms with Gasteiger partial charge in [0.05, 0.1) is 10.7 Å². The van der Waals surface area contributed by atoms with Gasteiger partial charge >= 0.3 is 0 Å². The van der Waals surface area contributed by atoms with Gasteiger partial charge in [0.15, 0.2) is 0 Å². The minimum Gasteiger partial charge on any atom is -0.325 e. The van der Waals surface area contributed by atoms with E-state index in [0.29, 0.717) is 15.7 Å². The molecule has 0 aliphatic carbocycles. The molecule has 0 saturated carbocycles. The summed E-state index contributed by atoms with van der Waals surface area (Å²) in [6.07, 6.45) is 0. The molecular weight excluding hydrogens is 239 g/mol. The van der Waals surface area contributed by atoms with Crippen molar-refractivity contribution in [3.63, 3.8) is 0 Å². The quantitative estimate of drug-likeness (QED) is 0.495. The van der Waals surface area contributed by atoms with Crippen LogP contribution in [-0.2, 0) is 4.79 Å². The van der Waals surface area contributed by atoms with Crippen LogP contribution in [0.15, 0.2) is 23.3 Å². The largest absolute Gasteiger partial charge is 0.325 e. The van der Waals surface area contributed by atoms with Crippen molar-refractivity contribution >= 4 is 34.8 Å². The van der Waals surface area contributed by atoms with Crippen molar-refractivity contribution in [3.8, 4) is 0 Å². The summed E-state index contributed by atoms with van der Waals surface area (Å²) in [7, 11) is 0. The van der Waals surface area contributed by atoms with Crippen molar-refractivity contribution in [1.82, 2.24) is 0 Å². The molecule has 0 spiro atoms. The molecule has 0 radical (unpaired) electrons. The summed E-state index contributed by atoms with van der Waals surface area (Å²) in [6.45, 7) is -0.278. The number of halogens is 2. The van der Waals surface area contributed by atoms with Gasteiger partial charge in [0, 0.05) is 9.93 Å². The molecule has 1 amide bonds. The fourth-order valence-corrected chi connectivity index (χ4v) is 1.22. The van der Waals surface area contributed by atoms with Gasteiger partial charge in [0.25, 0.3) is 0 Å². The van der Waals surface area contributed by atoms with E-state index >= 15 is 0 Å². The van der Waals surface area contributed by atoms with Gasteiger partial charge in [-0.15, -0.1) is 0 Å². The monoisotopic (exact) mass is 244 g/mol. The van der Waals surface area contributed by atoms with E-state index in [1.165, 1.54) is 6.07 Å². The number of benzene rings is 1. The van der Waals surface area contributed by atoms with Crippen LogP contribution in [0.2, 0.25) is 10.0 Å². The van der Waals surface area contributed by atoms with Crippen molar-refractivity contribution < 1.29 is 4.79 Å². The lowest BCUT2D eigenvalue weighted by Gasteiger charge is -2.05. The molecule has 78 valence electrons. The SMILES string of the molecule is [N-]=[N+]=NCC(=O)Nc1cc(Cl)ccc1Cl. The van der Waals surface area contributed by atoms with Gasteiger partial charge in [-0.1, -0.05) is 28.3 Å². The van der Waals surface area contributed by atoms with E-state index in [9.17, 15) is 4.79 Å². The second-order valence-corrected chi connectivity index (χ2v) is 3.40. The zero-order valence-electron chi connectivity index (χ0n) is 7.44. The van der Waals surface area contributed by atoms with Gasteiger partial charge in [0.1, 0.15) is 6.54 Å². The summed E-state index contributed by atoms with van der Waals surface area (Å²) < 4.78 is 0. The average Bonchev–Trinajstić information content (AvgIpc) is 2.20. The van der Waals surface area contributed by atoms with Crippen LogP contribution < -0.4 is 5.32 Å². The van der Waals surface area contributed by atoms with Gasteiger partial charge in [-0.05, 0) is 23.7 Å². The van der Waals surface area contributed by atoms with Crippen LogP contribution in [0, 0.1) is 0 Å². The summed E-state index contributed by atoms with van der Waals surface area (Å²) in [4.78, 5) is 13.6. The Bertz CT molecular complexity index is 429. The topological polar surface area (TPSA) is 77.9 Å². The fraction of sp³-hybridized carbons (Fsp3) is 0.125. The normalized spacial score (nSPS) is 9.20. The zero-order chi connectivity index (χ0) is 11.3. The number of hydrogen-bond donors (Lipinski definition) is 1. The number of nitrogens with zero attached hydrogens (tertiary/aromatic N) is 3. The van der Waals surface area contributed by atoms with E-state index in [0.717, 1.165) is 0 Å². The molecule has 5 nitrogen and oxygen atoms in total. The van der Waals surface area contributed by atoms with Crippen molar-refractivity contribution in [2.45, 2.75) is 0 Å². The lowest BCUT2D eigenvalue weighted by atomic mass is 10.3. The minimum atomic E-state index is -0.447. The number of rotatable bonds is 3. The number of nitrogens with one attached hydrogen (secondary N) is 1. The van der Waals surface area contributed by atoms with Crippen LogP contribution in [0.3, 0.4) is 0 Å². The Kier molecular flexibility index (Phi) is 4.24. The summed E-state index contributed by atoms with van der Waals surface area (Å²) in [5, 5.41) is 6.40. The van der Waals surface area contributed by atoms with Crippen molar-refractivity contribution in [2.24, 2.45) is 5.11 Å². The van der Waals surface area contributed by atoms with E-state index in [1.807, 2.05) is 0 Å².